The Kier molecular flexibility index (Phi) is 4.86. The van der Waals surface area contributed by atoms with Crippen LogP contribution < -0.4 is 5.73 Å². The van der Waals surface area contributed by atoms with Gasteiger partial charge in [-0.1, -0.05) is 6.07 Å². The highest BCUT2D eigenvalue weighted by molar-refractivity contribution is 5.85. The molecular formula is C9H15ClN2. The number of pyridine rings is 1. The Hall–Kier alpha value is -0.600. The van der Waals surface area contributed by atoms with Crippen molar-refractivity contribution in [2.45, 2.75) is 20.3 Å². The molecule has 0 amide bonds. The third-order valence-corrected chi connectivity index (χ3v) is 1.70. The Bertz CT molecular complexity index is 248. The quantitative estimate of drug-likeness (QED) is 0.763. The maximum absolute atomic E-state index is 5.43. The van der Waals surface area contributed by atoms with Crippen molar-refractivity contribution < 1.29 is 0 Å². The van der Waals surface area contributed by atoms with Gasteiger partial charge in [0, 0.05) is 18.3 Å². The van der Waals surface area contributed by atoms with E-state index >= 15 is 0 Å². The molecule has 0 aliphatic heterocycles. The van der Waals surface area contributed by atoms with Crippen LogP contribution in [-0.4, -0.2) is 11.5 Å². The van der Waals surface area contributed by atoms with Gasteiger partial charge in [-0.2, -0.15) is 0 Å². The SMILES string of the molecule is Cc1cnc(CCN)c(C)c1.Cl. The Labute approximate surface area is 79.6 Å². The summed E-state index contributed by atoms with van der Waals surface area (Å²) < 4.78 is 0. The van der Waals surface area contributed by atoms with E-state index in [-0.39, 0.29) is 12.4 Å². The van der Waals surface area contributed by atoms with Crippen LogP contribution in [0.4, 0.5) is 0 Å². The highest BCUT2D eigenvalue weighted by Gasteiger charge is 1.97. The third-order valence-electron chi connectivity index (χ3n) is 1.70. The molecule has 0 spiro atoms. The summed E-state index contributed by atoms with van der Waals surface area (Å²) in [5, 5.41) is 0. The van der Waals surface area contributed by atoms with Gasteiger partial charge in [0.15, 0.2) is 0 Å². The molecule has 0 radical (unpaired) electrons. The molecule has 1 heterocycles. The Morgan fingerprint density at radius 2 is 2.08 bits per heavy atom. The van der Waals surface area contributed by atoms with Crippen LogP contribution in [0.3, 0.4) is 0 Å². The second kappa shape index (κ2) is 5.12. The molecule has 0 saturated carbocycles. The summed E-state index contributed by atoms with van der Waals surface area (Å²) in [6, 6.07) is 2.14. The largest absolute Gasteiger partial charge is 0.330 e. The first-order chi connectivity index (χ1) is 5.24. The van der Waals surface area contributed by atoms with Gasteiger partial charge in [0.1, 0.15) is 0 Å². The van der Waals surface area contributed by atoms with Gasteiger partial charge < -0.3 is 5.73 Å². The number of aryl methyl sites for hydroxylation is 2. The van der Waals surface area contributed by atoms with Crippen molar-refractivity contribution in [2.75, 3.05) is 6.54 Å². The van der Waals surface area contributed by atoms with Gasteiger partial charge in [-0.15, -0.1) is 12.4 Å². The fourth-order valence-electron chi connectivity index (χ4n) is 1.14. The monoisotopic (exact) mass is 186 g/mol. The summed E-state index contributed by atoms with van der Waals surface area (Å²) in [5.41, 5.74) is 9.01. The highest BCUT2D eigenvalue weighted by atomic mass is 35.5. The number of halogens is 1. The lowest BCUT2D eigenvalue weighted by Crippen LogP contribution is -2.06. The summed E-state index contributed by atoms with van der Waals surface area (Å²) in [7, 11) is 0. The zero-order chi connectivity index (χ0) is 8.27. The average Bonchev–Trinajstić information content (AvgIpc) is 1.95. The number of rotatable bonds is 2. The second-order valence-electron chi connectivity index (χ2n) is 2.81. The van der Waals surface area contributed by atoms with Crippen LogP contribution in [0, 0.1) is 13.8 Å². The van der Waals surface area contributed by atoms with Crippen LogP contribution >= 0.6 is 12.4 Å². The van der Waals surface area contributed by atoms with E-state index in [2.05, 4.69) is 18.0 Å². The first-order valence-corrected chi connectivity index (χ1v) is 3.86. The van der Waals surface area contributed by atoms with Crippen molar-refractivity contribution in [1.82, 2.24) is 4.98 Å². The lowest BCUT2D eigenvalue weighted by Gasteiger charge is -2.02. The van der Waals surface area contributed by atoms with Gasteiger partial charge in [-0.25, -0.2) is 0 Å². The molecule has 3 heteroatoms. The number of nitrogens with zero attached hydrogens (tertiary/aromatic N) is 1. The van der Waals surface area contributed by atoms with E-state index in [0.717, 1.165) is 12.1 Å². The Morgan fingerprint density at radius 1 is 1.42 bits per heavy atom. The van der Waals surface area contributed by atoms with Gasteiger partial charge in [0.2, 0.25) is 0 Å². The third kappa shape index (κ3) is 2.80. The standard InChI is InChI=1S/C9H14N2.ClH/c1-7-5-8(2)9(3-4-10)11-6-7;/h5-6H,3-4,10H2,1-2H3;1H. The fraction of sp³-hybridized carbons (Fsp3) is 0.444. The van der Waals surface area contributed by atoms with Crippen molar-refractivity contribution in [3.05, 3.63) is 29.1 Å². The van der Waals surface area contributed by atoms with Crippen molar-refractivity contribution in [2.24, 2.45) is 5.73 Å². The van der Waals surface area contributed by atoms with Crippen LogP contribution in [0.5, 0.6) is 0 Å². The Balaban J connectivity index is 0.00000121. The number of nitrogens with two attached hydrogens (primary N) is 1. The molecule has 0 atom stereocenters. The van der Waals surface area contributed by atoms with Crippen LogP contribution in [-0.2, 0) is 6.42 Å². The summed E-state index contributed by atoms with van der Waals surface area (Å²) in [5.74, 6) is 0. The van der Waals surface area contributed by atoms with Crippen molar-refractivity contribution in [1.29, 1.82) is 0 Å². The Morgan fingerprint density at radius 3 is 2.58 bits per heavy atom. The molecule has 0 aliphatic carbocycles. The van der Waals surface area contributed by atoms with E-state index < -0.39 is 0 Å². The van der Waals surface area contributed by atoms with Crippen LogP contribution in [0.15, 0.2) is 12.3 Å². The van der Waals surface area contributed by atoms with Gasteiger partial charge in [0.05, 0.1) is 0 Å². The van der Waals surface area contributed by atoms with Crippen molar-refractivity contribution >= 4 is 12.4 Å². The van der Waals surface area contributed by atoms with E-state index in [0.29, 0.717) is 6.54 Å². The molecule has 1 aromatic heterocycles. The molecular weight excluding hydrogens is 172 g/mol. The van der Waals surface area contributed by atoms with Crippen molar-refractivity contribution in [3.63, 3.8) is 0 Å². The summed E-state index contributed by atoms with van der Waals surface area (Å²) in [6.07, 6.45) is 2.77. The summed E-state index contributed by atoms with van der Waals surface area (Å²) in [6.45, 7) is 4.80. The zero-order valence-corrected chi connectivity index (χ0v) is 8.32. The smallest absolute Gasteiger partial charge is 0.0445 e. The van der Waals surface area contributed by atoms with Crippen molar-refractivity contribution in [3.8, 4) is 0 Å². The lowest BCUT2D eigenvalue weighted by atomic mass is 10.1. The predicted octanol–water partition coefficient (Wildman–Crippen LogP) is 1.62. The molecule has 0 aliphatic rings. The van der Waals surface area contributed by atoms with Crippen LogP contribution in [0.25, 0.3) is 0 Å². The molecule has 1 aromatic rings. The summed E-state index contributed by atoms with van der Waals surface area (Å²) in [4.78, 5) is 4.29. The first kappa shape index (κ1) is 11.4. The lowest BCUT2D eigenvalue weighted by molar-refractivity contribution is 0.906. The molecule has 0 saturated heterocycles. The average molecular weight is 187 g/mol. The van der Waals surface area contributed by atoms with E-state index in [9.17, 15) is 0 Å². The second-order valence-corrected chi connectivity index (χ2v) is 2.81. The fourth-order valence-corrected chi connectivity index (χ4v) is 1.14. The minimum Gasteiger partial charge on any atom is -0.330 e. The summed E-state index contributed by atoms with van der Waals surface area (Å²) >= 11 is 0. The highest BCUT2D eigenvalue weighted by Crippen LogP contribution is 2.06. The van der Waals surface area contributed by atoms with E-state index in [1.54, 1.807) is 0 Å². The topological polar surface area (TPSA) is 38.9 Å². The van der Waals surface area contributed by atoms with Gasteiger partial charge in [-0.3, -0.25) is 4.98 Å². The van der Waals surface area contributed by atoms with Gasteiger partial charge in [0.25, 0.3) is 0 Å². The van der Waals surface area contributed by atoms with Crippen LogP contribution in [0.1, 0.15) is 16.8 Å². The minimum atomic E-state index is 0. The molecule has 0 fully saturated rings. The molecule has 2 N–H and O–H groups in total. The molecule has 0 aromatic carbocycles. The molecule has 2 nitrogen and oxygen atoms in total. The van der Waals surface area contributed by atoms with E-state index in [1.165, 1.54) is 11.1 Å². The molecule has 1 rings (SSSR count). The molecule has 0 bridgehead atoms. The number of hydrogen-bond acceptors (Lipinski definition) is 2. The molecule has 12 heavy (non-hydrogen) atoms. The van der Waals surface area contributed by atoms with E-state index in [4.69, 9.17) is 5.73 Å². The van der Waals surface area contributed by atoms with Gasteiger partial charge >= 0.3 is 0 Å². The van der Waals surface area contributed by atoms with Gasteiger partial charge in [-0.05, 0) is 31.5 Å². The molecule has 0 unspecified atom stereocenters. The molecule has 68 valence electrons. The van der Waals surface area contributed by atoms with E-state index in [1.807, 2.05) is 13.1 Å². The van der Waals surface area contributed by atoms with Crippen LogP contribution in [0.2, 0.25) is 0 Å². The maximum atomic E-state index is 5.43. The number of hydrogen-bond donors (Lipinski definition) is 1. The predicted molar refractivity (Wildman–Crippen MR) is 53.7 cm³/mol. The number of aromatic nitrogens is 1. The maximum Gasteiger partial charge on any atom is 0.0445 e. The minimum absolute atomic E-state index is 0. The normalized spacial score (nSPS) is 9.25. The zero-order valence-electron chi connectivity index (χ0n) is 7.50. The first-order valence-electron chi connectivity index (χ1n) is 3.86.